The van der Waals surface area contributed by atoms with Crippen molar-refractivity contribution in [2.45, 2.75) is 6.92 Å². The molecule has 0 spiro atoms. The van der Waals surface area contributed by atoms with E-state index in [4.69, 9.17) is 0 Å². The Hall–Kier alpha value is -6.45. The number of para-hydroxylation sites is 2. The molecule has 0 aliphatic carbocycles. The van der Waals surface area contributed by atoms with Gasteiger partial charge >= 0.3 is 0 Å². The molecule has 3 heteroatoms. The third kappa shape index (κ3) is 4.70. The fourth-order valence-electron chi connectivity index (χ4n) is 7.41. The van der Waals surface area contributed by atoms with Crippen LogP contribution in [0.5, 0.6) is 0 Å². The minimum Gasteiger partial charge on any atom is -0.309 e. The molecule has 0 aliphatic rings. The van der Waals surface area contributed by atoms with Crippen LogP contribution >= 0.6 is 0 Å². The highest BCUT2D eigenvalue weighted by molar-refractivity contribution is 6.23. The van der Waals surface area contributed by atoms with Gasteiger partial charge in [0.25, 0.3) is 0 Å². The molecule has 3 nitrogen and oxygen atoms in total. The van der Waals surface area contributed by atoms with Gasteiger partial charge in [-0.2, -0.15) is 0 Å². The van der Waals surface area contributed by atoms with Crippen molar-refractivity contribution in [2.75, 3.05) is 0 Å². The largest absolute Gasteiger partial charge is 0.309 e. The molecule has 2 heterocycles. The standard InChI is InChI=1S/C46H33N3/c1-31(32-14-5-3-6-15-32)24-27-42(47-2)34-17-13-20-36(28-34)48-43-23-12-11-22-38(43)40-29-41-39-26-25-33-16-9-10-21-37(33)46(39)49(45(41)30-44(40)48)35-18-7-4-8-19-35/h3-30H,2H2,1H3/b31-24+,42-27-. The normalized spacial score (nSPS) is 12.5. The van der Waals surface area contributed by atoms with E-state index < -0.39 is 0 Å². The van der Waals surface area contributed by atoms with Gasteiger partial charge in [-0.15, -0.1) is 0 Å². The Bertz CT molecular complexity index is 2780. The fraction of sp³-hybridized carbons (Fsp3) is 0.0217. The topological polar surface area (TPSA) is 22.2 Å². The van der Waals surface area contributed by atoms with Crippen LogP contribution in [-0.4, -0.2) is 15.9 Å². The van der Waals surface area contributed by atoms with Crippen LogP contribution < -0.4 is 0 Å². The zero-order valence-electron chi connectivity index (χ0n) is 27.2. The summed E-state index contributed by atoms with van der Waals surface area (Å²) in [5.41, 5.74) is 11.2. The summed E-state index contributed by atoms with van der Waals surface area (Å²) >= 11 is 0. The maximum atomic E-state index is 4.46. The van der Waals surface area contributed by atoms with Crippen molar-refractivity contribution in [2.24, 2.45) is 4.99 Å². The highest BCUT2D eigenvalue weighted by atomic mass is 15.0. The molecule has 0 atom stereocenters. The molecule has 0 amide bonds. The van der Waals surface area contributed by atoms with Crippen molar-refractivity contribution in [3.05, 3.63) is 181 Å². The zero-order valence-corrected chi connectivity index (χ0v) is 27.2. The van der Waals surface area contributed by atoms with Gasteiger partial charge in [0, 0.05) is 43.9 Å². The third-order valence-corrected chi connectivity index (χ3v) is 9.75. The number of hydrogen-bond acceptors (Lipinski definition) is 1. The van der Waals surface area contributed by atoms with Crippen molar-refractivity contribution in [3.63, 3.8) is 0 Å². The lowest BCUT2D eigenvalue weighted by Crippen LogP contribution is -1.97. The second kappa shape index (κ2) is 11.7. The molecule has 9 rings (SSSR count). The average Bonchev–Trinajstić information content (AvgIpc) is 3.67. The van der Waals surface area contributed by atoms with Crippen LogP contribution in [0.15, 0.2) is 175 Å². The van der Waals surface area contributed by atoms with Crippen LogP contribution in [0.1, 0.15) is 18.1 Å². The summed E-state index contributed by atoms with van der Waals surface area (Å²) in [6, 6.07) is 56.5. The number of benzene rings is 7. The van der Waals surface area contributed by atoms with Crippen LogP contribution in [0, 0.1) is 0 Å². The molecule has 2 aromatic heterocycles. The van der Waals surface area contributed by atoms with Gasteiger partial charge in [0.05, 0.1) is 27.8 Å². The van der Waals surface area contributed by atoms with E-state index in [1.807, 2.05) is 6.07 Å². The van der Waals surface area contributed by atoms with E-state index in [-0.39, 0.29) is 0 Å². The summed E-state index contributed by atoms with van der Waals surface area (Å²) in [7, 11) is 0. The first-order valence-electron chi connectivity index (χ1n) is 16.7. The number of allylic oxidation sites excluding steroid dienone is 3. The number of hydrogen-bond donors (Lipinski definition) is 0. The molecule has 7 aromatic carbocycles. The van der Waals surface area contributed by atoms with E-state index in [0.717, 1.165) is 28.2 Å². The van der Waals surface area contributed by atoms with Gasteiger partial charge in [-0.1, -0.05) is 121 Å². The highest BCUT2D eigenvalue weighted by Gasteiger charge is 2.20. The molecular formula is C46H33N3. The van der Waals surface area contributed by atoms with Gasteiger partial charge in [0.1, 0.15) is 0 Å². The minimum atomic E-state index is 0.830. The van der Waals surface area contributed by atoms with Gasteiger partial charge in [-0.3, -0.25) is 4.99 Å². The summed E-state index contributed by atoms with van der Waals surface area (Å²) in [6.07, 6.45) is 4.18. The van der Waals surface area contributed by atoms with E-state index in [9.17, 15) is 0 Å². The summed E-state index contributed by atoms with van der Waals surface area (Å²) in [5, 5.41) is 7.44. The Morgan fingerprint density at radius 3 is 1.96 bits per heavy atom. The van der Waals surface area contributed by atoms with Gasteiger partial charge in [-0.25, -0.2) is 0 Å². The second-order valence-electron chi connectivity index (χ2n) is 12.6. The van der Waals surface area contributed by atoms with Crippen LogP contribution in [0.3, 0.4) is 0 Å². The molecule has 0 aliphatic heterocycles. The molecule has 0 radical (unpaired) electrons. The molecule has 0 fully saturated rings. The maximum Gasteiger partial charge on any atom is 0.0695 e. The Balaban J connectivity index is 1.31. The van der Waals surface area contributed by atoms with E-state index in [2.05, 4.69) is 192 Å². The summed E-state index contributed by atoms with van der Waals surface area (Å²) in [5.74, 6) is 0. The number of fused-ring (bicyclic) bond motifs is 8. The number of aromatic nitrogens is 2. The van der Waals surface area contributed by atoms with Gasteiger partial charge in [0.15, 0.2) is 0 Å². The summed E-state index contributed by atoms with van der Waals surface area (Å²) < 4.78 is 4.83. The van der Waals surface area contributed by atoms with Crippen LogP contribution in [0.2, 0.25) is 0 Å². The van der Waals surface area contributed by atoms with Crippen molar-refractivity contribution < 1.29 is 0 Å². The lowest BCUT2D eigenvalue weighted by molar-refractivity contribution is 1.16. The monoisotopic (exact) mass is 627 g/mol. The number of nitrogens with zero attached hydrogens (tertiary/aromatic N) is 3. The van der Waals surface area contributed by atoms with Crippen molar-refractivity contribution in [3.8, 4) is 11.4 Å². The molecule has 9 aromatic rings. The number of aliphatic imine (C=N–C) groups is 1. The molecule has 0 bridgehead atoms. The zero-order chi connectivity index (χ0) is 32.9. The minimum absolute atomic E-state index is 0.830. The lowest BCUT2D eigenvalue weighted by atomic mass is 10.0. The van der Waals surface area contributed by atoms with E-state index >= 15 is 0 Å². The first-order chi connectivity index (χ1) is 24.2. The van der Waals surface area contributed by atoms with Gasteiger partial charge in [0.2, 0.25) is 0 Å². The maximum absolute atomic E-state index is 4.46. The van der Waals surface area contributed by atoms with Crippen LogP contribution in [0.25, 0.3) is 77.0 Å². The smallest absolute Gasteiger partial charge is 0.0695 e. The predicted molar refractivity (Wildman–Crippen MR) is 210 cm³/mol. The molecule has 49 heavy (non-hydrogen) atoms. The first kappa shape index (κ1) is 28.7. The SMILES string of the molecule is C=N/C(=C\C=C(/C)c1ccccc1)c1cccc(-n2c3ccccc3c3cc4c5ccc6ccccc6c5n(-c5ccccc5)c4cc32)c1. The van der Waals surface area contributed by atoms with E-state index in [0.29, 0.717) is 0 Å². The quantitative estimate of drug-likeness (QED) is 0.129. The Kier molecular flexibility index (Phi) is 6.84. The number of rotatable bonds is 6. The van der Waals surface area contributed by atoms with Crippen molar-refractivity contribution in [1.82, 2.24) is 9.13 Å². The second-order valence-corrected chi connectivity index (χ2v) is 12.6. The molecule has 232 valence electrons. The molecule has 0 unspecified atom stereocenters. The average molecular weight is 628 g/mol. The van der Waals surface area contributed by atoms with Crippen molar-refractivity contribution in [1.29, 1.82) is 0 Å². The Morgan fingerprint density at radius 2 is 1.14 bits per heavy atom. The molecule has 0 saturated carbocycles. The molecular weight excluding hydrogens is 595 g/mol. The molecule has 0 saturated heterocycles. The van der Waals surface area contributed by atoms with Gasteiger partial charge < -0.3 is 9.13 Å². The summed E-state index contributed by atoms with van der Waals surface area (Å²) in [6.45, 7) is 6.06. The van der Waals surface area contributed by atoms with E-state index in [1.165, 1.54) is 60.0 Å². The van der Waals surface area contributed by atoms with Crippen LogP contribution in [0.4, 0.5) is 0 Å². The lowest BCUT2D eigenvalue weighted by Gasteiger charge is -2.12. The highest BCUT2D eigenvalue weighted by Crippen LogP contribution is 2.41. The third-order valence-electron chi connectivity index (χ3n) is 9.75. The summed E-state index contributed by atoms with van der Waals surface area (Å²) in [4.78, 5) is 4.46. The van der Waals surface area contributed by atoms with E-state index in [1.54, 1.807) is 0 Å². The van der Waals surface area contributed by atoms with Crippen molar-refractivity contribution >= 4 is 72.4 Å². The first-order valence-corrected chi connectivity index (χ1v) is 16.7. The Morgan fingerprint density at radius 1 is 0.490 bits per heavy atom. The van der Waals surface area contributed by atoms with Gasteiger partial charge in [-0.05, 0) is 78.7 Å². The van der Waals surface area contributed by atoms with Crippen LogP contribution in [-0.2, 0) is 0 Å². The predicted octanol–water partition coefficient (Wildman–Crippen LogP) is 12.2. The molecule has 0 N–H and O–H groups in total. The fourth-order valence-corrected chi connectivity index (χ4v) is 7.41. The Labute approximate surface area is 285 Å².